The van der Waals surface area contributed by atoms with Crippen molar-refractivity contribution in [2.45, 2.75) is 52.7 Å². The summed E-state index contributed by atoms with van der Waals surface area (Å²) in [5.74, 6) is 0.327. The van der Waals surface area contributed by atoms with Crippen LogP contribution in [0.5, 0.6) is 5.75 Å². The zero-order valence-electron chi connectivity index (χ0n) is 19.7. The molecule has 8 heteroatoms. The zero-order valence-corrected chi connectivity index (χ0v) is 19.7. The van der Waals surface area contributed by atoms with Crippen LogP contribution in [0.25, 0.3) is 0 Å². The molecule has 0 atom stereocenters. The van der Waals surface area contributed by atoms with E-state index in [2.05, 4.69) is 16.0 Å². The summed E-state index contributed by atoms with van der Waals surface area (Å²) in [6.07, 6.45) is 0.263. The molecule has 178 valence electrons. The van der Waals surface area contributed by atoms with Crippen LogP contribution < -0.4 is 20.7 Å². The van der Waals surface area contributed by atoms with Crippen molar-refractivity contribution in [3.63, 3.8) is 0 Å². The molecule has 0 heterocycles. The van der Waals surface area contributed by atoms with Crippen molar-refractivity contribution in [3.05, 3.63) is 59.7 Å². The summed E-state index contributed by atoms with van der Waals surface area (Å²) in [5.41, 5.74) is 1.74. The molecule has 0 aliphatic carbocycles. The highest BCUT2D eigenvalue weighted by molar-refractivity contribution is 5.94. The lowest BCUT2D eigenvalue weighted by Gasteiger charge is -2.19. The number of aryl methyl sites for hydroxylation is 1. The molecular weight excluding hydrogens is 422 g/mol. The SMILES string of the molecule is Cc1ccccc1OCCCC(=O)NCc1ccccc1NC(=O)CNC(=O)OC(C)(C)C. The van der Waals surface area contributed by atoms with E-state index >= 15 is 0 Å². The Kier molecular flexibility index (Phi) is 9.72. The predicted octanol–water partition coefficient (Wildman–Crippen LogP) is 3.93. The molecular formula is C25H33N3O5. The lowest BCUT2D eigenvalue weighted by atomic mass is 10.1. The molecule has 3 N–H and O–H groups in total. The van der Waals surface area contributed by atoms with E-state index in [1.165, 1.54) is 0 Å². The van der Waals surface area contributed by atoms with E-state index in [1.807, 2.05) is 43.3 Å². The first-order valence-corrected chi connectivity index (χ1v) is 10.9. The summed E-state index contributed by atoms with van der Waals surface area (Å²) >= 11 is 0. The molecule has 2 aromatic carbocycles. The van der Waals surface area contributed by atoms with Gasteiger partial charge >= 0.3 is 6.09 Å². The van der Waals surface area contributed by atoms with Gasteiger partial charge in [0, 0.05) is 18.7 Å². The van der Waals surface area contributed by atoms with Crippen LogP contribution in [0.1, 0.15) is 44.7 Å². The van der Waals surface area contributed by atoms with E-state index in [0.717, 1.165) is 16.9 Å². The molecule has 0 aliphatic rings. The van der Waals surface area contributed by atoms with Gasteiger partial charge in [0.15, 0.2) is 0 Å². The first-order valence-electron chi connectivity index (χ1n) is 10.9. The Labute approximate surface area is 195 Å². The van der Waals surface area contributed by atoms with Crippen molar-refractivity contribution in [2.24, 2.45) is 0 Å². The van der Waals surface area contributed by atoms with Crippen LogP contribution in [-0.2, 0) is 20.9 Å². The van der Waals surface area contributed by atoms with Gasteiger partial charge < -0.3 is 25.4 Å². The normalized spacial score (nSPS) is 10.8. The number of carbonyl (C=O) groups excluding carboxylic acids is 3. The lowest BCUT2D eigenvalue weighted by Crippen LogP contribution is -2.37. The third kappa shape index (κ3) is 10.1. The van der Waals surface area contributed by atoms with Crippen molar-refractivity contribution in [3.8, 4) is 5.75 Å². The zero-order chi connectivity index (χ0) is 24.3. The van der Waals surface area contributed by atoms with Gasteiger partial charge in [-0.15, -0.1) is 0 Å². The maximum Gasteiger partial charge on any atom is 0.408 e. The molecule has 0 fully saturated rings. The Morgan fingerprint density at radius 1 is 0.909 bits per heavy atom. The van der Waals surface area contributed by atoms with Crippen LogP contribution in [0.2, 0.25) is 0 Å². The third-order valence-electron chi connectivity index (χ3n) is 4.46. The number of nitrogens with one attached hydrogen (secondary N) is 3. The molecule has 0 saturated heterocycles. The average Bonchev–Trinajstić information content (AvgIpc) is 2.74. The molecule has 2 rings (SSSR count). The Morgan fingerprint density at radius 2 is 1.61 bits per heavy atom. The monoisotopic (exact) mass is 455 g/mol. The minimum Gasteiger partial charge on any atom is -0.493 e. The summed E-state index contributed by atoms with van der Waals surface area (Å²) in [7, 11) is 0. The Bertz CT molecular complexity index is 953. The van der Waals surface area contributed by atoms with Gasteiger partial charge in [-0.05, 0) is 57.4 Å². The smallest absolute Gasteiger partial charge is 0.408 e. The molecule has 33 heavy (non-hydrogen) atoms. The lowest BCUT2D eigenvalue weighted by molar-refractivity contribution is -0.121. The van der Waals surface area contributed by atoms with Gasteiger partial charge in [0.2, 0.25) is 11.8 Å². The van der Waals surface area contributed by atoms with E-state index < -0.39 is 17.6 Å². The third-order valence-corrected chi connectivity index (χ3v) is 4.46. The quantitative estimate of drug-likeness (QED) is 0.471. The van der Waals surface area contributed by atoms with Crippen molar-refractivity contribution >= 4 is 23.6 Å². The Balaban J connectivity index is 1.74. The molecule has 0 aromatic heterocycles. The minimum absolute atomic E-state index is 0.101. The van der Waals surface area contributed by atoms with Gasteiger partial charge in [-0.25, -0.2) is 4.79 Å². The summed E-state index contributed by atoms with van der Waals surface area (Å²) in [4.78, 5) is 36.1. The van der Waals surface area contributed by atoms with Crippen LogP contribution in [0.3, 0.4) is 0 Å². The number of benzene rings is 2. The summed E-state index contributed by atoms with van der Waals surface area (Å²) < 4.78 is 10.8. The van der Waals surface area contributed by atoms with Crippen LogP contribution >= 0.6 is 0 Å². The summed E-state index contributed by atoms with van der Waals surface area (Å²) in [6, 6.07) is 14.9. The number of amides is 3. The van der Waals surface area contributed by atoms with Gasteiger partial charge in [-0.1, -0.05) is 36.4 Å². The number of alkyl carbamates (subject to hydrolysis) is 1. The highest BCUT2D eigenvalue weighted by atomic mass is 16.6. The molecule has 8 nitrogen and oxygen atoms in total. The van der Waals surface area contributed by atoms with Crippen molar-refractivity contribution in [1.29, 1.82) is 0 Å². The fourth-order valence-electron chi connectivity index (χ4n) is 2.87. The first kappa shape index (κ1) is 25.7. The van der Waals surface area contributed by atoms with E-state index in [9.17, 15) is 14.4 Å². The summed E-state index contributed by atoms with van der Waals surface area (Å²) in [5, 5.41) is 8.03. The Hall–Kier alpha value is -3.55. The van der Waals surface area contributed by atoms with Crippen molar-refractivity contribution < 1.29 is 23.9 Å². The van der Waals surface area contributed by atoms with Crippen LogP contribution in [-0.4, -0.2) is 36.7 Å². The average molecular weight is 456 g/mol. The number of ether oxygens (including phenoxy) is 2. The van der Waals surface area contributed by atoms with Gasteiger partial charge in [-0.3, -0.25) is 9.59 Å². The topological polar surface area (TPSA) is 106 Å². The van der Waals surface area contributed by atoms with Crippen molar-refractivity contribution in [2.75, 3.05) is 18.5 Å². The number of hydrogen-bond acceptors (Lipinski definition) is 5. The molecule has 3 amide bonds. The second-order valence-corrected chi connectivity index (χ2v) is 8.56. The molecule has 0 radical (unpaired) electrons. The van der Waals surface area contributed by atoms with E-state index in [-0.39, 0.29) is 19.0 Å². The fourth-order valence-corrected chi connectivity index (χ4v) is 2.87. The molecule has 2 aromatic rings. The molecule has 0 bridgehead atoms. The predicted molar refractivity (Wildman–Crippen MR) is 127 cm³/mol. The largest absolute Gasteiger partial charge is 0.493 e. The number of para-hydroxylation sites is 2. The van der Waals surface area contributed by atoms with Crippen LogP contribution in [0.4, 0.5) is 10.5 Å². The maximum atomic E-state index is 12.2. The number of rotatable bonds is 10. The highest BCUT2D eigenvalue weighted by Crippen LogP contribution is 2.17. The van der Waals surface area contributed by atoms with Crippen LogP contribution in [0.15, 0.2) is 48.5 Å². The van der Waals surface area contributed by atoms with E-state index in [0.29, 0.717) is 25.1 Å². The highest BCUT2D eigenvalue weighted by Gasteiger charge is 2.17. The maximum absolute atomic E-state index is 12.2. The van der Waals surface area contributed by atoms with Gasteiger partial charge in [-0.2, -0.15) is 0 Å². The van der Waals surface area contributed by atoms with Gasteiger partial charge in [0.25, 0.3) is 0 Å². The second-order valence-electron chi connectivity index (χ2n) is 8.56. The Morgan fingerprint density at radius 3 is 2.33 bits per heavy atom. The van der Waals surface area contributed by atoms with Gasteiger partial charge in [0.1, 0.15) is 17.9 Å². The van der Waals surface area contributed by atoms with E-state index in [4.69, 9.17) is 9.47 Å². The molecule has 0 saturated carbocycles. The molecule has 0 spiro atoms. The molecule has 0 unspecified atom stereocenters. The molecule has 0 aliphatic heterocycles. The fraction of sp³-hybridized carbons (Fsp3) is 0.400. The van der Waals surface area contributed by atoms with Gasteiger partial charge in [0.05, 0.1) is 6.61 Å². The number of anilines is 1. The van der Waals surface area contributed by atoms with Crippen LogP contribution in [0, 0.1) is 6.92 Å². The first-order chi connectivity index (χ1) is 15.6. The number of carbonyl (C=O) groups is 3. The van der Waals surface area contributed by atoms with Crippen molar-refractivity contribution in [1.82, 2.24) is 10.6 Å². The standard InChI is InChI=1S/C25H33N3O5/c1-18-10-5-8-13-21(18)32-15-9-14-22(29)26-16-19-11-6-7-12-20(19)28-23(30)17-27-24(31)33-25(2,3)4/h5-8,10-13H,9,14-17H2,1-4H3,(H,26,29)(H,27,31)(H,28,30). The second kappa shape index (κ2) is 12.5. The summed E-state index contributed by atoms with van der Waals surface area (Å²) in [6.45, 7) is 7.71. The van der Waals surface area contributed by atoms with E-state index in [1.54, 1.807) is 32.9 Å². The minimum atomic E-state index is -0.662. The number of hydrogen-bond donors (Lipinski definition) is 3.